The van der Waals surface area contributed by atoms with E-state index in [1.165, 1.54) is 0 Å². The van der Waals surface area contributed by atoms with Gasteiger partial charge >= 0.3 is 5.97 Å². The minimum atomic E-state index is -0.668. The SMILES string of the molecule is Cc1ccc(C(Cl)C(=O)O[SiH3])cc1. The third-order valence-electron chi connectivity index (χ3n) is 1.78. The molecular formula is C9H11ClO2Si. The Morgan fingerprint density at radius 3 is 2.46 bits per heavy atom. The van der Waals surface area contributed by atoms with Crippen molar-refractivity contribution < 1.29 is 9.22 Å². The molecule has 1 rings (SSSR count). The van der Waals surface area contributed by atoms with Crippen LogP contribution in [0.4, 0.5) is 0 Å². The van der Waals surface area contributed by atoms with Crippen LogP contribution in [-0.4, -0.2) is 16.5 Å². The maximum atomic E-state index is 11.1. The van der Waals surface area contributed by atoms with Gasteiger partial charge in [-0.3, -0.25) is 4.79 Å². The van der Waals surface area contributed by atoms with Crippen LogP contribution < -0.4 is 0 Å². The average Bonchev–Trinajstić information content (AvgIpc) is 2.17. The zero-order chi connectivity index (χ0) is 9.84. The van der Waals surface area contributed by atoms with E-state index in [1.54, 1.807) is 0 Å². The maximum Gasteiger partial charge on any atom is 0.314 e. The Hall–Kier alpha value is -0.803. The molecule has 0 amide bonds. The molecule has 1 atom stereocenters. The van der Waals surface area contributed by atoms with Crippen molar-refractivity contribution >= 4 is 28.1 Å². The Balaban J connectivity index is 2.83. The van der Waals surface area contributed by atoms with Gasteiger partial charge in [-0.05, 0) is 12.5 Å². The highest BCUT2D eigenvalue weighted by Gasteiger charge is 2.16. The molecule has 0 heterocycles. The third kappa shape index (κ3) is 2.57. The van der Waals surface area contributed by atoms with Gasteiger partial charge in [0.2, 0.25) is 10.5 Å². The predicted octanol–water partition coefficient (Wildman–Crippen LogP) is 1.10. The molecule has 2 nitrogen and oxygen atoms in total. The van der Waals surface area contributed by atoms with Gasteiger partial charge in [0.25, 0.3) is 0 Å². The summed E-state index contributed by atoms with van der Waals surface area (Å²) >= 11 is 5.86. The topological polar surface area (TPSA) is 26.3 Å². The molecule has 1 unspecified atom stereocenters. The summed E-state index contributed by atoms with van der Waals surface area (Å²) in [5, 5.41) is -0.668. The molecule has 0 aliphatic heterocycles. The fraction of sp³-hybridized carbons (Fsp3) is 0.222. The van der Waals surface area contributed by atoms with E-state index >= 15 is 0 Å². The molecule has 0 aliphatic rings. The highest BCUT2D eigenvalue weighted by atomic mass is 35.5. The van der Waals surface area contributed by atoms with Gasteiger partial charge in [-0.1, -0.05) is 29.8 Å². The minimum Gasteiger partial charge on any atom is -0.527 e. The molecule has 0 saturated carbocycles. The van der Waals surface area contributed by atoms with Crippen LogP contribution in [-0.2, 0) is 9.22 Å². The standard InChI is InChI=1S/C9H11ClO2Si/c1-6-2-4-7(5-3-6)8(10)9(11)12-13/h2-5,8H,1,13H3. The van der Waals surface area contributed by atoms with E-state index in [2.05, 4.69) is 4.43 Å². The molecule has 0 aromatic heterocycles. The van der Waals surface area contributed by atoms with E-state index in [1.807, 2.05) is 31.2 Å². The molecule has 0 aliphatic carbocycles. The van der Waals surface area contributed by atoms with Crippen molar-refractivity contribution in [3.8, 4) is 0 Å². The first-order valence-corrected chi connectivity index (χ1v) is 5.19. The smallest absolute Gasteiger partial charge is 0.314 e. The van der Waals surface area contributed by atoms with E-state index in [4.69, 9.17) is 11.6 Å². The third-order valence-corrected chi connectivity index (χ3v) is 2.61. The molecule has 1 aromatic carbocycles. The first-order valence-electron chi connectivity index (χ1n) is 3.93. The Bertz CT molecular complexity index is 297. The van der Waals surface area contributed by atoms with Crippen molar-refractivity contribution in [2.24, 2.45) is 0 Å². The monoisotopic (exact) mass is 214 g/mol. The lowest BCUT2D eigenvalue weighted by Crippen LogP contribution is -2.09. The van der Waals surface area contributed by atoms with Gasteiger partial charge in [0.05, 0.1) is 0 Å². The zero-order valence-corrected chi connectivity index (χ0v) is 10.3. The molecule has 70 valence electrons. The summed E-state index contributed by atoms with van der Waals surface area (Å²) in [6.07, 6.45) is 0. The van der Waals surface area contributed by atoms with Crippen molar-refractivity contribution in [1.82, 2.24) is 0 Å². The number of carbonyl (C=O) groups excluding carboxylic acids is 1. The molecule has 0 N–H and O–H groups in total. The number of benzene rings is 1. The van der Waals surface area contributed by atoms with E-state index in [0.717, 1.165) is 11.1 Å². The lowest BCUT2D eigenvalue weighted by Gasteiger charge is -2.07. The van der Waals surface area contributed by atoms with Crippen molar-refractivity contribution in [1.29, 1.82) is 0 Å². The summed E-state index contributed by atoms with van der Waals surface area (Å²) < 4.78 is 4.66. The predicted molar refractivity (Wildman–Crippen MR) is 55.8 cm³/mol. The average molecular weight is 215 g/mol. The van der Waals surface area contributed by atoms with E-state index in [0.29, 0.717) is 10.5 Å². The van der Waals surface area contributed by atoms with E-state index in [9.17, 15) is 4.79 Å². The van der Waals surface area contributed by atoms with Crippen molar-refractivity contribution in [3.63, 3.8) is 0 Å². The lowest BCUT2D eigenvalue weighted by atomic mass is 10.1. The summed E-state index contributed by atoms with van der Waals surface area (Å²) in [7, 11) is 0.386. The van der Waals surface area contributed by atoms with Crippen LogP contribution in [0.1, 0.15) is 16.5 Å². The van der Waals surface area contributed by atoms with Crippen molar-refractivity contribution in [3.05, 3.63) is 35.4 Å². The second kappa shape index (κ2) is 4.44. The number of hydrogen-bond acceptors (Lipinski definition) is 2. The summed E-state index contributed by atoms with van der Waals surface area (Å²) in [6, 6.07) is 7.52. The maximum absolute atomic E-state index is 11.1. The molecule has 0 spiro atoms. The van der Waals surface area contributed by atoms with Crippen LogP contribution >= 0.6 is 11.6 Å². The van der Waals surface area contributed by atoms with E-state index in [-0.39, 0.29) is 5.97 Å². The van der Waals surface area contributed by atoms with Crippen LogP contribution in [0.5, 0.6) is 0 Å². The molecule has 4 heteroatoms. The van der Waals surface area contributed by atoms with Crippen molar-refractivity contribution in [2.45, 2.75) is 12.3 Å². The Morgan fingerprint density at radius 2 is 2.00 bits per heavy atom. The molecule has 0 fully saturated rings. The number of aryl methyl sites for hydroxylation is 1. The summed E-state index contributed by atoms with van der Waals surface area (Å²) in [6.45, 7) is 1.98. The molecule has 13 heavy (non-hydrogen) atoms. The first-order chi connectivity index (χ1) is 6.15. The van der Waals surface area contributed by atoms with Crippen LogP contribution in [0.25, 0.3) is 0 Å². The van der Waals surface area contributed by atoms with Gasteiger partial charge in [-0.25, -0.2) is 0 Å². The highest BCUT2D eigenvalue weighted by Crippen LogP contribution is 2.21. The first kappa shape index (κ1) is 10.3. The second-order valence-electron chi connectivity index (χ2n) is 2.80. The normalized spacial score (nSPS) is 12.5. The second-order valence-corrected chi connectivity index (χ2v) is 3.64. The van der Waals surface area contributed by atoms with Crippen LogP contribution in [0.3, 0.4) is 0 Å². The van der Waals surface area contributed by atoms with Gasteiger partial charge < -0.3 is 4.43 Å². The fourth-order valence-corrected chi connectivity index (χ4v) is 1.59. The zero-order valence-electron chi connectivity index (χ0n) is 7.58. The summed E-state index contributed by atoms with van der Waals surface area (Å²) in [4.78, 5) is 11.1. The molecule has 0 radical (unpaired) electrons. The van der Waals surface area contributed by atoms with Gasteiger partial charge in [0.1, 0.15) is 0 Å². The summed E-state index contributed by atoms with van der Waals surface area (Å²) in [5.41, 5.74) is 1.93. The van der Waals surface area contributed by atoms with Gasteiger partial charge in [-0.15, -0.1) is 11.6 Å². The quantitative estimate of drug-likeness (QED) is 0.545. The Morgan fingerprint density at radius 1 is 1.46 bits per heavy atom. The van der Waals surface area contributed by atoms with Gasteiger partial charge in [-0.2, -0.15) is 0 Å². The minimum absolute atomic E-state index is 0.364. The van der Waals surface area contributed by atoms with Gasteiger partial charge in [0.15, 0.2) is 5.38 Å². The summed E-state index contributed by atoms with van der Waals surface area (Å²) in [5.74, 6) is -0.364. The molecule has 0 saturated heterocycles. The number of carbonyl (C=O) groups is 1. The Labute approximate surface area is 85.4 Å². The van der Waals surface area contributed by atoms with E-state index < -0.39 is 5.38 Å². The number of rotatable bonds is 2. The lowest BCUT2D eigenvalue weighted by molar-refractivity contribution is -0.133. The largest absolute Gasteiger partial charge is 0.527 e. The fourth-order valence-electron chi connectivity index (χ4n) is 0.975. The van der Waals surface area contributed by atoms with Crippen LogP contribution in [0.2, 0.25) is 0 Å². The molecule has 1 aromatic rings. The number of hydrogen-bond donors (Lipinski definition) is 0. The van der Waals surface area contributed by atoms with Gasteiger partial charge in [0, 0.05) is 0 Å². The molecular weight excluding hydrogens is 204 g/mol. The molecule has 0 bridgehead atoms. The number of alkyl halides is 1. The number of halogens is 1. The van der Waals surface area contributed by atoms with Crippen LogP contribution in [0.15, 0.2) is 24.3 Å². The Kier molecular flexibility index (Phi) is 3.51. The highest BCUT2D eigenvalue weighted by molar-refractivity contribution is 6.31. The van der Waals surface area contributed by atoms with Crippen molar-refractivity contribution in [2.75, 3.05) is 0 Å². The van der Waals surface area contributed by atoms with Crippen LogP contribution in [0, 0.1) is 6.92 Å².